The zero-order valence-corrected chi connectivity index (χ0v) is 10.1. The number of hydrogen-bond acceptors (Lipinski definition) is 5. The van der Waals surface area contributed by atoms with Gasteiger partial charge in [-0.1, -0.05) is 0 Å². The fraction of sp³-hybridized carbons (Fsp3) is 0.182. The Bertz CT molecular complexity index is 779. The molecule has 0 fully saturated rings. The first-order valence-corrected chi connectivity index (χ1v) is 5.53. The normalized spacial score (nSPS) is 12.0. The summed E-state index contributed by atoms with van der Waals surface area (Å²) in [7, 11) is 0. The molecule has 0 spiro atoms. The first-order chi connectivity index (χ1) is 9.45. The number of rotatable bonds is 1. The predicted octanol–water partition coefficient (Wildman–Crippen LogP) is 1.91. The minimum absolute atomic E-state index is 0.105. The molecular weight excluding hydrogens is 273 g/mol. The van der Waals surface area contributed by atoms with E-state index in [0.29, 0.717) is 17.2 Å². The van der Waals surface area contributed by atoms with Gasteiger partial charge in [-0.3, -0.25) is 0 Å². The van der Waals surface area contributed by atoms with Gasteiger partial charge < -0.3 is 0 Å². The molecule has 6 nitrogen and oxygen atoms in total. The van der Waals surface area contributed by atoms with Gasteiger partial charge in [0.2, 0.25) is 5.82 Å². The summed E-state index contributed by atoms with van der Waals surface area (Å²) in [4.78, 5) is 14.8. The second-order valence-electron chi connectivity index (χ2n) is 4.02. The van der Waals surface area contributed by atoms with Gasteiger partial charge in [0.15, 0.2) is 0 Å². The number of nitrogens with zero attached hydrogens (tertiary/aromatic N) is 6. The molecule has 102 valence electrons. The van der Waals surface area contributed by atoms with Crippen LogP contribution in [0.25, 0.3) is 17.2 Å². The van der Waals surface area contributed by atoms with Gasteiger partial charge in [0, 0.05) is 11.9 Å². The van der Waals surface area contributed by atoms with E-state index in [9.17, 15) is 13.2 Å². The SMILES string of the molecule is Cc1cc(-c2ccnc(C(F)(F)F)n2)n2ncnc2n1. The van der Waals surface area contributed by atoms with Gasteiger partial charge >= 0.3 is 6.18 Å². The number of fused-ring (bicyclic) bond motifs is 1. The van der Waals surface area contributed by atoms with Gasteiger partial charge in [-0.05, 0) is 19.1 Å². The van der Waals surface area contributed by atoms with E-state index in [-0.39, 0.29) is 5.69 Å². The van der Waals surface area contributed by atoms with Crippen LogP contribution in [0.3, 0.4) is 0 Å². The molecule has 0 radical (unpaired) electrons. The summed E-state index contributed by atoms with van der Waals surface area (Å²) < 4.78 is 39.3. The maximum absolute atomic E-state index is 12.6. The van der Waals surface area contributed by atoms with Gasteiger partial charge in [-0.2, -0.15) is 27.8 Å². The maximum atomic E-state index is 12.6. The monoisotopic (exact) mass is 280 g/mol. The fourth-order valence-corrected chi connectivity index (χ4v) is 1.75. The first-order valence-electron chi connectivity index (χ1n) is 5.53. The molecule has 0 aliphatic rings. The van der Waals surface area contributed by atoms with Gasteiger partial charge in [-0.25, -0.2) is 15.0 Å². The highest BCUT2D eigenvalue weighted by Gasteiger charge is 2.34. The summed E-state index contributed by atoms with van der Waals surface area (Å²) in [5.41, 5.74) is 1.08. The van der Waals surface area contributed by atoms with E-state index in [4.69, 9.17) is 0 Å². The van der Waals surface area contributed by atoms with Crippen LogP contribution in [0, 0.1) is 6.92 Å². The van der Waals surface area contributed by atoms with E-state index in [1.807, 2.05) is 0 Å². The summed E-state index contributed by atoms with van der Waals surface area (Å²) in [6, 6.07) is 2.97. The molecule has 0 aliphatic heterocycles. The number of halogens is 3. The lowest BCUT2D eigenvalue weighted by Crippen LogP contribution is -2.11. The van der Waals surface area contributed by atoms with Gasteiger partial charge in [0.25, 0.3) is 5.78 Å². The van der Waals surface area contributed by atoms with Crippen LogP contribution in [0.2, 0.25) is 0 Å². The molecular formula is C11H7F3N6. The highest BCUT2D eigenvalue weighted by Crippen LogP contribution is 2.27. The van der Waals surface area contributed by atoms with Crippen molar-refractivity contribution in [3.63, 3.8) is 0 Å². The van der Waals surface area contributed by atoms with Crippen LogP contribution in [-0.4, -0.2) is 29.5 Å². The summed E-state index contributed by atoms with van der Waals surface area (Å²) in [6.45, 7) is 1.71. The molecule has 0 unspecified atom stereocenters. The summed E-state index contributed by atoms with van der Waals surface area (Å²) in [5.74, 6) is -0.898. The van der Waals surface area contributed by atoms with Crippen molar-refractivity contribution in [1.29, 1.82) is 0 Å². The highest BCUT2D eigenvalue weighted by molar-refractivity contribution is 5.57. The van der Waals surface area contributed by atoms with E-state index >= 15 is 0 Å². The standard InChI is InChI=1S/C11H7F3N6/c1-6-4-8(20-10(18-6)16-5-17-20)7-2-3-15-9(19-7)11(12,13)14/h2-5H,1H3. The zero-order chi connectivity index (χ0) is 14.3. The Morgan fingerprint density at radius 3 is 2.70 bits per heavy atom. The molecule has 0 aliphatic carbocycles. The smallest absolute Gasteiger partial charge is 0.233 e. The van der Waals surface area contributed by atoms with Crippen LogP contribution in [-0.2, 0) is 6.18 Å². The van der Waals surface area contributed by atoms with Crippen molar-refractivity contribution in [3.8, 4) is 11.4 Å². The lowest BCUT2D eigenvalue weighted by atomic mass is 10.2. The lowest BCUT2D eigenvalue weighted by Gasteiger charge is -2.08. The number of aryl methyl sites for hydroxylation is 1. The first kappa shape index (κ1) is 12.5. The van der Waals surface area contributed by atoms with Crippen molar-refractivity contribution in [1.82, 2.24) is 29.5 Å². The second kappa shape index (κ2) is 4.22. The Kier molecular flexibility index (Phi) is 2.63. The Balaban J connectivity index is 2.23. The molecule has 0 saturated heterocycles. The second-order valence-corrected chi connectivity index (χ2v) is 4.02. The molecule has 0 aromatic carbocycles. The largest absolute Gasteiger partial charge is 0.451 e. The minimum atomic E-state index is -4.60. The minimum Gasteiger partial charge on any atom is -0.233 e. The molecule has 0 amide bonds. The molecule has 0 atom stereocenters. The molecule has 3 aromatic rings. The van der Waals surface area contributed by atoms with Crippen molar-refractivity contribution < 1.29 is 13.2 Å². The number of aromatic nitrogens is 6. The van der Waals surface area contributed by atoms with Crippen molar-refractivity contribution in [2.45, 2.75) is 13.1 Å². The van der Waals surface area contributed by atoms with Crippen molar-refractivity contribution in [2.24, 2.45) is 0 Å². The van der Waals surface area contributed by atoms with E-state index in [1.54, 1.807) is 13.0 Å². The van der Waals surface area contributed by atoms with Crippen LogP contribution in [0.5, 0.6) is 0 Å². The van der Waals surface area contributed by atoms with E-state index in [0.717, 1.165) is 6.20 Å². The van der Waals surface area contributed by atoms with Crippen molar-refractivity contribution in [2.75, 3.05) is 0 Å². The van der Waals surface area contributed by atoms with Crippen LogP contribution >= 0.6 is 0 Å². The molecule has 3 aromatic heterocycles. The van der Waals surface area contributed by atoms with Crippen molar-refractivity contribution in [3.05, 3.63) is 36.2 Å². The Morgan fingerprint density at radius 1 is 1.15 bits per heavy atom. The Hall–Kier alpha value is -2.58. The zero-order valence-electron chi connectivity index (χ0n) is 10.1. The van der Waals surface area contributed by atoms with Crippen molar-refractivity contribution >= 4 is 5.78 Å². The van der Waals surface area contributed by atoms with E-state index in [2.05, 4.69) is 25.0 Å². The quantitative estimate of drug-likeness (QED) is 0.681. The fourth-order valence-electron chi connectivity index (χ4n) is 1.75. The molecule has 0 bridgehead atoms. The summed E-state index contributed by atoms with van der Waals surface area (Å²) in [6.07, 6.45) is -2.26. The molecule has 9 heteroatoms. The topological polar surface area (TPSA) is 68.9 Å². The average Bonchev–Trinajstić information content (AvgIpc) is 2.85. The molecule has 0 saturated carbocycles. The molecule has 0 N–H and O–H groups in total. The van der Waals surface area contributed by atoms with Crippen LogP contribution in [0.15, 0.2) is 24.7 Å². The Labute approximate surface area is 110 Å². The predicted molar refractivity (Wildman–Crippen MR) is 61.5 cm³/mol. The van der Waals surface area contributed by atoms with Gasteiger partial charge in [0.05, 0.1) is 11.4 Å². The summed E-state index contributed by atoms with van der Waals surface area (Å²) in [5, 5.41) is 3.93. The third-order valence-electron chi connectivity index (χ3n) is 2.55. The molecule has 3 heterocycles. The van der Waals surface area contributed by atoms with Gasteiger partial charge in [0.1, 0.15) is 6.33 Å². The third-order valence-corrected chi connectivity index (χ3v) is 2.55. The lowest BCUT2D eigenvalue weighted by molar-refractivity contribution is -0.144. The highest BCUT2D eigenvalue weighted by atomic mass is 19.4. The van der Waals surface area contributed by atoms with E-state index < -0.39 is 12.0 Å². The number of alkyl halides is 3. The number of hydrogen-bond donors (Lipinski definition) is 0. The van der Waals surface area contributed by atoms with Crippen LogP contribution in [0.4, 0.5) is 13.2 Å². The summed E-state index contributed by atoms with van der Waals surface area (Å²) >= 11 is 0. The maximum Gasteiger partial charge on any atom is 0.451 e. The Morgan fingerprint density at radius 2 is 1.95 bits per heavy atom. The van der Waals surface area contributed by atoms with Crippen LogP contribution < -0.4 is 0 Å². The molecule has 3 rings (SSSR count). The third kappa shape index (κ3) is 2.06. The van der Waals surface area contributed by atoms with Gasteiger partial charge in [-0.15, -0.1) is 0 Å². The molecule has 20 heavy (non-hydrogen) atoms. The van der Waals surface area contributed by atoms with Crippen LogP contribution in [0.1, 0.15) is 11.5 Å². The average molecular weight is 280 g/mol. The van der Waals surface area contributed by atoms with E-state index in [1.165, 1.54) is 16.9 Å².